The highest BCUT2D eigenvalue weighted by Gasteiger charge is 2.44. The second-order valence-electron chi connectivity index (χ2n) is 6.48. The van der Waals surface area contributed by atoms with Crippen LogP contribution in [0.2, 0.25) is 0 Å². The van der Waals surface area contributed by atoms with E-state index in [0.29, 0.717) is 12.0 Å². The van der Waals surface area contributed by atoms with Gasteiger partial charge in [-0.3, -0.25) is 0 Å². The first-order valence-corrected chi connectivity index (χ1v) is 9.45. The Kier molecular flexibility index (Phi) is 4.20. The van der Waals surface area contributed by atoms with Crippen molar-refractivity contribution >= 4 is 23.0 Å². The normalized spacial score (nSPS) is 16.1. The molecule has 0 bridgehead atoms. The fraction of sp³-hybridized carbons (Fsp3) is 0.316. The quantitative estimate of drug-likeness (QED) is 0.702. The fourth-order valence-electron chi connectivity index (χ4n) is 3.64. The van der Waals surface area contributed by atoms with E-state index in [-0.39, 0.29) is 5.54 Å². The van der Waals surface area contributed by atoms with Crippen molar-refractivity contribution in [3.63, 3.8) is 0 Å². The van der Waals surface area contributed by atoms with Gasteiger partial charge in [-0.05, 0) is 12.1 Å². The summed E-state index contributed by atoms with van der Waals surface area (Å²) in [5.74, 6) is 1.04. The first kappa shape index (κ1) is 16.7. The van der Waals surface area contributed by atoms with Gasteiger partial charge in [0.2, 0.25) is 0 Å². The van der Waals surface area contributed by atoms with Gasteiger partial charge in [-0.2, -0.15) is 10.5 Å². The van der Waals surface area contributed by atoms with Crippen LogP contribution in [0.1, 0.15) is 18.9 Å². The number of nitrogens with one attached hydrogen (secondary N) is 1. The van der Waals surface area contributed by atoms with Crippen molar-refractivity contribution in [2.24, 2.45) is 0 Å². The number of H-pyrrole nitrogens is 1. The van der Waals surface area contributed by atoms with Crippen LogP contribution in [0.4, 0.5) is 0 Å². The van der Waals surface area contributed by atoms with Gasteiger partial charge in [-0.1, -0.05) is 18.9 Å². The molecule has 3 aromatic rings. The summed E-state index contributed by atoms with van der Waals surface area (Å²) in [6.07, 6.45) is 8.01. The summed E-state index contributed by atoms with van der Waals surface area (Å²) in [6, 6.07) is 8.57. The lowest BCUT2D eigenvalue weighted by Crippen LogP contribution is -2.59. The van der Waals surface area contributed by atoms with Crippen LogP contribution in [0.5, 0.6) is 0 Å². The second-order valence-corrected chi connectivity index (χ2v) is 7.83. The number of aromatic nitrogens is 3. The maximum atomic E-state index is 9.52. The lowest BCUT2D eigenvalue weighted by atomic mass is 9.89. The van der Waals surface area contributed by atoms with E-state index in [1.165, 1.54) is 0 Å². The van der Waals surface area contributed by atoms with Crippen LogP contribution in [0.3, 0.4) is 0 Å². The predicted octanol–water partition coefficient (Wildman–Crippen LogP) is 3.50. The Bertz CT molecular complexity index is 1030. The number of aromatic amines is 1. The molecule has 3 aromatic heterocycles. The average Bonchev–Trinajstić information content (AvgIpc) is 3.28. The first-order valence-electron chi connectivity index (χ1n) is 8.50. The van der Waals surface area contributed by atoms with Crippen molar-refractivity contribution in [1.29, 1.82) is 10.5 Å². The van der Waals surface area contributed by atoms with Gasteiger partial charge in [0.15, 0.2) is 0 Å². The lowest BCUT2D eigenvalue weighted by molar-refractivity contribution is 0.0953. The van der Waals surface area contributed by atoms with Gasteiger partial charge in [0, 0.05) is 60.1 Å². The summed E-state index contributed by atoms with van der Waals surface area (Å²) < 4.78 is 4.45. The van der Waals surface area contributed by atoms with E-state index < -0.39 is 0 Å². The molecule has 0 radical (unpaired) electrons. The van der Waals surface area contributed by atoms with Gasteiger partial charge >= 0.3 is 0 Å². The number of nitrogens with zero attached hydrogens (tertiary/aromatic N) is 5. The minimum absolute atomic E-state index is 0.188. The molecule has 1 fully saturated rings. The highest BCUT2D eigenvalue weighted by atomic mass is 32.2. The number of hydrogen-bond acceptors (Lipinski definition) is 5. The van der Waals surface area contributed by atoms with Gasteiger partial charge < -0.3 is 9.55 Å². The predicted molar refractivity (Wildman–Crippen MR) is 102 cm³/mol. The first-order chi connectivity index (χ1) is 12.7. The molecule has 1 saturated heterocycles. The zero-order valence-electron chi connectivity index (χ0n) is 14.4. The fourth-order valence-corrected chi connectivity index (χ4v) is 4.67. The smallest absolute Gasteiger partial charge is 0.137 e. The van der Waals surface area contributed by atoms with Crippen LogP contribution in [-0.2, 0) is 5.54 Å². The zero-order chi connectivity index (χ0) is 18.1. The maximum Gasteiger partial charge on any atom is 0.137 e. The third-order valence-corrected chi connectivity index (χ3v) is 5.78. The van der Waals surface area contributed by atoms with E-state index in [1.54, 1.807) is 6.20 Å². The Morgan fingerprint density at radius 2 is 2.19 bits per heavy atom. The van der Waals surface area contributed by atoms with Crippen LogP contribution in [-0.4, -0.2) is 37.7 Å². The van der Waals surface area contributed by atoms with Gasteiger partial charge in [-0.25, -0.2) is 9.29 Å². The third kappa shape index (κ3) is 2.57. The van der Waals surface area contributed by atoms with E-state index in [4.69, 9.17) is 0 Å². The van der Waals surface area contributed by atoms with E-state index in [0.717, 1.165) is 41.0 Å². The Morgan fingerprint density at radius 1 is 1.35 bits per heavy atom. The molecule has 0 saturated carbocycles. The molecule has 0 aromatic carbocycles. The number of hydrogen-bond donors (Lipinski definition) is 1. The molecule has 130 valence electrons. The van der Waals surface area contributed by atoms with E-state index in [1.807, 2.05) is 36.5 Å². The molecule has 0 atom stereocenters. The second kappa shape index (κ2) is 6.53. The molecule has 0 amide bonds. The molecule has 1 aliphatic rings. The van der Waals surface area contributed by atoms with Crippen LogP contribution < -0.4 is 0 Å². The minimum atomic E-state index is -0.188. The molecule has 4 heterocycles. The standard InChI is InChI=1S/C19H18N6S/c1-2-26-25-12-19(13-25,5-6-20)24-8-4-14(11-24)17-15(9-21)10-23-18-16(17)3-7-22-18/h3-4,7-8,10-11H,2,5,12-13H2,1H3,(H,22,23). The summed E-state index contributed by atoms with van der Waals surface area (Å²) >= 11 is 1.81. The molecule has 7 heteroatoms. The number of pyridine rings is 1. The SMILES string of the molecule is CCSN1CC(CC#N)(n2ccc(-c3c(C#N)cnc4[nH]ccc34)c2)C1. The van der Waals surface area contributed by atoms with Crippen molar-refractivity contribution in [1.82, 2.24) is 18.8 Å². The molecule has 6 nitrogen and oxygen atoms in total. The average molecular weight is 362 g/mol. The number of rotatable bonds is 5. The molecule has 0 unspecified atom stereocenters. The van der Waals surface area contributed by atoms with Gasteiger partial charge in [0.25, 0.3) is 0 Å². The van der Waals surface area contributed by atoms with Crippen LogP contribution >= 0.6 is 11.9 Å². The van der Waals surface area contributed by atoms with Gasteiger partial charge in [0.1, 0.15) is 11.7 Å². The topological polar surface area (TPSA) is 84.4 Å². The summed E-state index contributed by atoms with van der Waals surface area (Å²) in [4.78, 5) is 7.40. The Labute approximate surface area is 156 Å². The van der Waals surface area contributed by atoms with Crippen molar-refractivity contribution in [3.05, 3.63) is 42.5 Å². The molecule has 0 aliphatic carbocycles. The van der Waals surface area contributed by atoms with Crippen molar-refractivity contribution < 1.29 is 0 Å². The molecule has 26 heavy (non-hydrogen) atoms. The Morgan fingerprint density at radius 3 is 2.92 bits per heavy atom. The maximum absolute atomic E-state index is 9.52. The Hall–Kier alpha value is -2.74. The lowest BCUT2D eigenvalue weighted by Gasteiger charge is -2.49. The number of nitriles is 2. The van der Waals surface area contributed by atoms with Crippen molar-refractivity contribution in [2.45, 2.75) is 18.9 Å². The van der Waals surface area contributed by atoms with E-state index in [2.05, 4.69) is 44.1 Å². The van der Waals surface area contributed by atoms with Gasteiger partial charge in [0.05, 0.1) is 23.6 Å². The van der Waals surface area contributed by atoms with Crippen LogP contribution in [0, 0.1) is 22.7 Å². The molecule has 4 rings (SSSR count). The molecular formula is C19H18N6S. The van der Waals surface area contributed by atoms with Crippen LogP contribution in [0.25, 0.3) is 22.2 Å². The third-order valence-electron chi connectivity index (χ3n) is 4.90. The molecule has 1 N–H and O–H groups in total. The van der Waals surface area contributed by atoms with Crippen molar-refractivity contribution in [2.75, 3.05) is 18.8 Å². The van der Waals surface area contributed by atoms with Gasteiger partial charge in [-0.15, -0.1) is 0 Å². The summed E-state index contributed by atoms with van der Waals surface area (Å²) in [6.45, 7) is 3.85. The van der Waals surface area contributed by atoms with E-state index in [9.17, 15) is 10.5 Å². The summed E-state index contributed by atoms with van der Waals surface area (Å²) in [5.41, 5.74) is 3.01. The molecule has 0 spiro atoms. The van der Waals surface area contributed by atoms with E-state index >= 15 is 0 Å². The monoisotopic (exact) mass is 362 g/mol. The zero-order valence-corrected chi connectivity index (χ0v) is 15.3. The summed E-state index contributed by atoms with van der Waals surface area (Å²) in [5, 5.41) is 19.8. The summed E-state index contributed by atoms with van der Waals surface area (Å²) in [7, 11) is 0. The largest absolute Gasteiger partial charge is 0.346 e. The molecular weight excluding hydrogens is 344 g/mol. The number of fused-ring (bicyclic) bond motifs is 1. The Balaban J connectivity index is 1.74. The molecule has 1 aliphatic heterocycles. The highest BCUT2D eigenvalue weighted by molar-refractivity contribution is 7.97. The minimum Gasteiger partial charge on any atom is -0.346 e. The van der Waals surface area contributed by atoms with Crippen molar-refractivity contribution in [3.8, 4) is 23.3 Å². The highest BCUT2D eigenvalue weighted by Crippen LogP contribution is 2.39. The van der Waals surface area contributed by atoms with Crippen LogP contribution in [0.15, 0.2) is 36.9 Å².